The van der Waals surface area contributed by atoms with Gasteiger partial charge in [-0.1, -0.05) is 49.0 Å². The summed E-state index contributed by atoms with van der Waals surface area (Å²) in [5, 5.41) is 5.30. The molecule has 0 amide bonds. The molecule has 1 nitrogen and oxygen atoms in total. The monoisotopic (exact) mass is 299 g/mol. The van der Waals surface area contributed by atoms with Gasteiger partial charge in [0.25, 0.3) is 0 Å². The second-order valence-electron chi connectivity index (χ2n) is 5.51. The molecular weight excluding hydrogens is 277 g/mol. The molecule has 0 aliphatic heterocycles. The van der Waals surface area contributed by atoms with Crippen LogP contribution in [-0.4, -0.2) is 12.6 Å². The summed E-state index contributed by atoms with van der Waals surface area (Å²) in [5.41, 5.74) is 1.10. The van der Waals surface area contributed by atoms with E-state index < -0.39 is 0 Å². The van der Waals surface area contributed by atoms with Gasteiger partial charge in [-0.3, -0.25) is 0 Å². The number of hydrogen-bond acceptors (Lipinski definition) is 1. The van der Waals surface area contributed by atoms with E-state index in [0.717, 1.165) is 34.5 Å². The molecule has 1 N–H and O–H groups in total. The summed E-state index contributed by atoms with van der Waals surface area (Å²) >= 11 is 12.6. The average molecular weight is 300 g/mol. The molecule has 1 aromatic carbocycles. The fourth-order valence-corrected chi connectivity index (χ4v) is 3.59. The second-order valence-corrected chi connectivity index (χ2v) is 6.32. The Morgan fingerprint density at radius 2 is 1.84 bits per heavy atom. The Morgan fingerprint density at radius 1 is 1.21 bits per heavy atom. The van der Waals surface area contributed by atoms with Crippen LogP contribution in [0.1, 0.15) is 44.6 Å². The van der Waals surface area contributed by atoms with E-state index in [2.05, 4.69) is 12.2 Å². The molecule has 2 rings (SSSR count). The molecule has 1 aromatic rings. The highest BCUT2D eigenvalue weighted by atomic mass is 35.5. The third-order valence-electron chi connectivity index (χ3n) is 4.11. The summed E-state index contributed by atoms with van der Waals surface area (Å²) < 4.78 is 0. The van der Waals surface area contributed by atoms with Crippen LogP contribution in [0.25, 0.3) is 0 Å². The molecule has 3 heteroatoms. The van der Waals surface area contributed by atoms with Gasteiger partial charge in [0.2, 0.25) is 0 Å². The standard InChI is InChI=1S/C16H23Cl2N/c1-2-10-19-16(12-6-3-4-7-12)11-13-14(17)8-5-9-15(13)18/h5,8-9,12,16,19H,2-4,6-7,10-11H2,1H3. The molecule has 106 valence electrons. The summed E-state index contributed by atoms with van der Waals surface area (Å²) in [6, 6.07) is 6.31. The van der Waals surface area contributed by atoms with Crippen LogP contribution in [0, 0.1) is 5.92 Å². The average Bonchev–Trinajstić information content (AvgIpc) is 2.91. The summed E-state index contributed by atoms with van der Waals surface area (Å²) in [7, 11) is 0. The molecule has 1 atom stereocenters. The van der Waals surface area contributed by atoms with Gasteiger partial charge in [0, 0.05) is 16.1 Å². The Morgan fingerprint density at radius 3 is 2.42 bits per heavy atom. The predicted molar refractivity (Wildman–Crippen MR) is 84.2 cm³/mol. The van der Waals surface area contributed by atoms with Crippen LogP contribution in [0.2, 0.25) is 10.0 Å². The highest BCUT2D eigenvalue weighted by molar-refractivity contribution is 6.36. The fraction of sp³-hybridized carbons (Fsp3) is 0.625. The predicted octanol–water partition coefficient (Wildman–Crippen LogP) is 5.09. The maximum atomic E-state index is 6.30. The zero-order chi connectivity index (χ0) is 13.7. The first-order chi connectivity index (χ1) is 9.22. The maximum Gasteiger partial charge on any atom is 0.0453 e. The van der Waals surface area contributed by atoms with Crippen molar-refractivity contribution in [3.63, 3.8) is 0 Å². The van der Waals surface area contributed by atoms with Crippen LogP contribution in [0.3, 0.4) is 0 Å². The minimum atomic E-state index is 0.514. The van der Waals surface area contributed by atoms with Crippen molar-refractivity contribution in [1.82, 2.24) is 5.32 Å². The number of hydrogen-bond donors (Lipinski definition) is 1. The van der Waals surface area contributed by atoms with E-state index >= 15 is 0 Å². The number of nitrogens with one attached hydrogen (secondary N) is 1. The number of halogens is 2. The van der Waals surface area contributed by atoms with Gasteiger partial charge >= 0.3 is 0 Å². The molecule has 0 aromatic heterocycles. The van der Waals surface area contributed by atoms with Gasteiger partial charge in [-0.2, -0.15) is 0 Å². The number of rotatable bonds is 6. The van der Waals surface area contributed by atoms with Crippen LogP contribution in [-0.2, 0) is 6.42 Å². The molecule has 1 unspecified atom stereocenters. The second kappa shape index (κ2) is 7.52. The smallest absolute Gasteiger partial charge is 0.0453 e. The van der Waals surface area contributed by atoms with Crippen LogP contribution in [0.15, 0.2) is 18.2 Å². The molecular formula is C16H23Cl2N. The largest absolute Gasteiger partial charge is 0.313 e. The van der Waals surface area contributed by atoms with E-state index in [0.29, 0.717) is 6.04 Å². The lowest BCUT2D eigenvalue weighted by Crippen LogP contribution is -2.37. The first kappa shape index (κ1) is 15.2. The van der Waals surface area contributed by atoms with Crippen molar-refractivity contribution in [2.45, 2.75) is 51.5 Å². The van der Waals surface area contributed by atoms with E-state index in [-0.39, 0.29) is 0 Å². The Hall–Kier alpha value is -0.240. The number of benzene rings is 1. The zero-order valence-corrected chi connectivity index (χ0v) is 13.1. The maximum absolute atomic E-state index is 6.30. The van der Waals surface area contributed by atoms with Crippen molar-refractivity contribution in [3.05, 3.63) is 33.8 Å². The van der Waals surface area contributed by atoms with Crippen LogP contribution < -0.4 is 5.32 Å². The third-order valence-corrected chi connectivity index (χ3v) is 4.82. The SMILES string of the molecule is CCCNC(Cc1c(Cl)cccc1Cl)C1CCCC1. The van der Waals surface area contributed by atoms with E-state index in [1.807, 2.05) is 18.2 Å². The van der Waals surface area contributed by atoms with E-state index in [1.54, 1.807) is 0 Å². The van der Waals surface area contributed by atoms with Crippen molar-refractivity contribution in [2.24, 2.45) is 5.92 Å². The van der Waals surface area contributed by atoms with Gasteiger partial charge in [0.1, 0.15) is 0 Å². The molecule has 0 spiro atoms. The van der Waals surface area contributed by atoms with Gasteiger partial charge in [0.05, 0.1) is 0 Å². The first-order valence-corrected chi connectivity index (χ1v) is 8.14. The molecule has 1 aliphatic carbocycles. The van der Waals surface area contributed by atoms with Crippen molar-refractivity contribution < 1.29 is 0 Å². The summed E-state index contributed by atoms with van der Waals surface area (Å²) in [6.45, 7) is 3.28. The summed E-state index contributed by atoms with van der Waals surface area (Å²) in [4.78, 5) is 0. The molecule has 19 heavy (non-hydrogen) atoms. The van der Waals surface area contributed by atoms with Gasteiger partial charge in [-0.25, -0.2) is 0 Å². The highest BCUT2D eigenvalue weighted by Gasteiger charge is 2.25. The Kier molecular flexibility index (Phi) is 6.00. The lowest BCUT2D eigenvalue weighted by Gasteiger charge is -2.25. The van der Waals surface area contributed by atoms with Gasteiger partial charge in [0.15, 0.2) is 0 Å². The van der Waals surface area contributed by atoms with Gasteiger partial charge < -0.3 is 5.32 Å². The minimum Gasteiger partial charge on any atom is -0.313 e. The van der Waals surface area contributed by atoms with Crippen LogP contribution in [0.4, 0.5) is 0 Å². The quantitative estimate of drug-likeness (QED) is 0.771. The normalized spacial score (nSPS) is 17.8. The van der Waals surface area contributed by atoms with Crippen molar-refractivity contribution in [2.75, 3.05) is 6.54 Å². The first-order valence-electron chi connectivity index (χ1n) is 7.38. The summed E-state index contributed by atoms with van der Waals surface area (Å²) in [5.74, 6) is 0.777. The van der Waals surface area contributed by atoms with E-state index in [4.69, 9.17) is 23.2 Å². The van der Waals surface area contributed by atoms with Gasteiger partial charge in [-0.05, 0) is 55.8 Å². The molecule has 0 saturated heterocycles. The third kappa shape index (κ3) is 4.11. The fourth-order valence-electron chi connectivity index (χ4n) is 3.04. The Bertz CT molecular complexity index is 379. The van der Waals surface area contributed by atoms with Crippen molar-refractivity contribution in [3.8, 4) is 0 Å². The van der Waals surface area contributed by atoms with E-state index in [1.165, 1.54) is 32.1 Å². The minimum absolute atomic E-state index is 0.514. The van der Waals surface area contributed by atoms with Crippen molar-refractivity contribution >= 4 is 23.2 Å². The lowest BCUT2D eigenvalue weighted by atomic mass is 9.92. The van der Waals surface area contributed by atoms with Gasteiger partial charge in [-0.15, -0.1) is 0 Å². The molecule has 1 aliphatic rings. The topological polar surface area (TPSA) is 12.0 Å². The molecule has 0 bridgehead atoms. The Labute approximate surface area is 126 Å². The van der Waals surface area contributed by atoms with E-state index in [9.17, 15) is 0 Å². The van der Waals surface area contributed by atoms with Crippen LogP contribution >= 0.6 is 23.2 Å². The summed E-state index contributed by atoms with van der Waals surface area (Å²) in [6.07, 6.45) is 7.52. The molecule has 0 radical (unpaired) electrons. The van der Waals surface area contributed by atoms with Crippen molar-refractivity contribution in [1.29, 1.82) is 0 Å². The van der Waals surface area contributed by atoms with Crippen LogP contribution in [0.5, 0.6) is 0 Å². The Balaban J connectivity index is 2.10. The zero-order valence-electron chi connectivity index (χ0n) is 11.6. The molecule has 1 saturated carbocycles. The lowest BCUT2D eigenvalue weighted by molar-refractivity contribution is 0.356. The molecule has 1 fully saturated rings. The highest BCUT2D eigenvalue weighted by Crippen LogP contribution is 2.32. The molecule has 0 heterocycles.